The van der Waals surface area contributed by atoms with Crippen LogP contribution in [-0.2, 0) is 11.3 Å². The predicted molar refractivity (Wildman–Crippen MR) is 62.9 cm³/mol. The number of nitrogen functional groups attached to an aromatic ring is 1. The fourth-order valence-electron chi connectivity index (χ4n) is 1.55. The lowest BCUT2D eigenvalue weighted by molar-refractivity contribution is -0.123. The first kappa shape index (κ1) is 13.4. The first-order chi connectivity index (χ1) is 8.01. The summed E-state index contributed by atoms with van der Waals surface area (Å²) in [4.78, 5) is 15.3. The van der Waals surface area contributed by atoms with Gasteiger partial charge < -0.3 is 16.2 Å². The molecule has 0 aliphatic carbocycles. The van der Waals surface area contributed by atoms with Crippen LogP contribution >= 0.6 is 0 Å². The Morgan fingerprint density at radius 3 is 2.82 bits per heavy atom. The number of nitrogens with two attached hydrogens (primary N) is 1. The van der Waals surface area contributed by atoms with Crippen LogP contribution in [0.5, 0.6) is 0 Å². The van der Waals surface area contributed by atoms with Gasteiger partial charge in [-0.25, -0.2) is 9.67 Å². The highest BCUT2D eigenvalue weighted by molar-refractivity contribution is 5.75. The molecule has 4 N–H and O–H groups in total. The molecule has 0 aliphatic rings. The molecule has 0 spiro atoms. The molecule has 0 fully saturated rings. The second-order valence-corrected chi connectivity index (χ2v) is 4.38. The van der Waals surface area contributed by atoms with Crippen molar-refractivity contribution in [2.45, 2.75) is 32.9 Å². The minimum absolute atomic E-state index is 0.0544. The van der Waals surface area contributed by atoms with Gasteiger partial charge in [0.05, 0.1) is 12.6 Å². The number of aliphatic hydroxyl groups excluding tert-OH is 1. The number of carbonyl (C=O) groups is 1. The molecule has 1 aromatic rings. The van der Waals surface area contributed by atoms with Crippen molar-refractivity contribution in [2.75, 3.05) is 12.3 Å². The highest BCUT2D eigenvalue weighted by Crippen LogP contribution is 2.04. The van der Waals surface area contributed by atoms with E-state index < -0.39 is 0 Å². The summed E-state index contributed by atoms with van der Waals surface area (Å²) in [5, 5.41) is 15.7. The summed E-state index contributed by atoms with van der Waals surface area (Å²) in [6.07, 6.45) is 2.13. The Morgan fingerprint density at radius 1 is 1.65 bits per heavy atom. The lowest BCUT2D eigenvalue weighted by Crippen LogP contribution is -2.40. The van der Waals surface area contributed by atoms with E-state index in [0.717, 1.165) is 6.42 Å². The van der Waals surface area contributed by atoms with E-state index in [1.165, 1.54) is 11.0 Å². The molecular weight excluding hydrogens is 222 g/mol. The predicted octanol–water partition coefficient (Wildman–Crippen LogP) is -0.616. The van der Waals surface area contributed by atoms with Crippen molar-refractivity contribution in [3.63, 3.8) is 0 Å². The lowest BCUT2D eigenvalue weighted by atomic mass is 10.0. The minimum Gasteiger partial charge on any atom is -0.394 e. The Balaban J connectivity index is 2.42. The zero-order valence-corrected chi connectivity index (χ0v) is 10.1. The maximum atomic E-state index is 11.6. The van der Waals surface area contributed by atoms with E-state index in [9.17, 15) is 4.79 Å². The summed E-state index contributed by atoms with van der Waals surface area (Å²) in [5.41, 5.74) is 5.33. The van der Waals surface area contributed by atoms with Gasteiger partial charge in [0.1, 0.15) is 12.9 Å². The van der Waals surface area contributed by atoms with Crippen molar-refractivity contribution < 1.29 is 9.90 Å². The number of rotatable bonds is 6. The van der Waals surface area contributed by atoms with Gasteiger partial charge in [-0.3, -0.25) is 4.79 Å². The third-order valence-electron chi connectivity index (χ3n) is 2.20. The van der Waals surface area contributed by atoms with E-state index >= 15 is 0 Å². The van der Waals surface area contributed by atoms with Crippen LogP contribution in [0.2, 0.25) is 0 Å². The summed E-state index contributed by atoms with van der Waals surface area (Å²) >= 11 is 0. The van der Waals surface area contributed by atoms with Gasteiger partial charge in [0.25, 0.3) is 0 Å². The first-order valence-electron chi connectivity index (χ1n) is 5.56. The maximum absolute atomic E-state index is 11.6. The summed E-state index contributed by atoms with van der Waals surface area (Å²) in [5.74, 6) is 0.336. The molecule has 0 aromatic carbocycles. The van der Waals surface area contributed by atoms with E-state index in [0.29, 0.717) is 5.92 Å². The summed E-state index contributed by atoms with van der Waals surface area (Å²) in [7, 11) is 0. The van der Waals surface area contributed by atoms with Crippen molar-refractivity contribution in [1.82, 2.24) is 20.1 Å². The van der Waals surface area contributed by atoms with Gasteiger partial charge in [-0.15, -0.1) is 5.10 Å². The Morgan fingerprint density at radius 2 is 2.35 bits per heavy atom. The fraction of sp³-hybridized carbons (Fsp3) is 0.700. The lowest BCUT2D eigenvalue weighted by Gasteiger charge is -2.18. The molecular formula is C10H19N5O2. The van der Waals surface area contributed by atoms with Crippen LogP contribution < -0.4 is 11.1 Å². The Hall–Kier alpha value is -1.63. The van der Waals surface area contributed by atoms with Crippen LogP contribution in [0, 0.1) is 5.92 Å². The van der Waals surface area contributed by atoms with Gasteiger partial charge in [-0.2, -0.15) is 0 Å². The van der Waals surface area contributed by atoms with Crippen molar-refractivity contribution in [1.29, 1.82) is 0 Å². The highest BCUT2D eigenvalue weighted by Gasteiger charge is 2.13. The topological polar surface area (TPSA) is 106 Å². The normalized spacial score (nSPS) is 12.7. The van der Waals surface area contributed by atoms with Crippen molar-refractivity contribution in [3.8, 4) is 0 Å². The largest absolute Gasteiger partial charge is 0.394 e. The van der Waals surface area contributed by atoms with E-state index in [1.807, 2.05) is 13.8 Å². The monoisotopic (exact) mass is 241 g/mol. The summed E-state index contributed by atoms with van der Waals surface area (Å²) in [6, 6.07) is -0.219. The van der Waals surface area contributed by atoms with Gasteiger partial charge in [-0.1, -0.05) is 13.8 Å². The van der Waals surface area contributed by atoms with Crippen LogP contribution in [0.3, 0.4) is 0 Å². The van der Waals surface area contributed by atoms with E-state index in [-0.39, 0.29) is 31.0 Å². The standard InChI is InChI=1S/C10H19N5O2/c1-7(2)3-8(5-16)13-9(17)4-15-6-12-10(11)14-15/h6-8,16H,3-5H2,1-2H3,(H2,11,14)(H,13,17). The third-order valence-corrected chi connectivity index (χ3v) is 2.20. The number of carbonyl (C=O) groups excluding carboxylic acids is 1. The number of nitrogens with one attached hydrogen (secondary N) is 1. The molecule has 7 heteroatoms. The third kappa shape index (κ3) is 4.81. The second kappa shape index (κ2) is 6.19. The fourth-order valence-corrected chi connectivity index (χ4v) is 1.55. The molecule has 0 saturated carbocycles. The molecule has 1 amide bonds. The van der Waals surface area contributed by atoms with Crippen LogP contribution in [-0.4, -0.2) is 38.4 Å². The zero-order chi connectivity index (χ0) is 12.8. The number of amides is 1. The molecule has 96 valence electrons. The molecule has 0 saturated heterocycles. The second-order valence-electron chi connectivity index (χ2n) is 4.38. The van der Waals surface area contributed by atoms with Gasteiger partial charge in [0.15, 0.2) is 0 Å². The van der Waals surface area contributed by atoms with Crippen LogP contribution in [0.25, 0.3) is 0 Å². The van der Waals surface area contributed by atoms with E-state index in [1.54, 1.807) is 0 Å². The number of aliphatic hydroxyl groups is 1. The number of hydrogen-bond donors (Lipinski definition) is 3. The number of hydrogen-bond acceptors (Lipinski definition) is 5. The molecule has 1 aromatic heterocycles. The Kier molecular flexibility index (Phi) is 4.89. The van der Waals surface area contributed by atoms with Crippen LogP contribution in [0.4, 0.5) is 5.95 Å². The molecule has 1 rings (SSSR count). The molecule has 0 bridgehead atoms. The quantitative estimate of drug-likeness (QED) is 0.615. The van der Waals surface area contributed by atoms with Crippen LogP contribution in [0.15, 0.2) is 6.33 Å². The average molecular weight is 241 g/mol. The Bertz CT molecular complexity index is 363. The Labute approximate surface area is 100 Å². The highest BCUT2D eigenvalue weighted by atomic mass is 16.3. The van der Waals surface area contributed by atoms with E-state index in [2.05, 4.69) is 15.4 Å². The van der Waals surface area contributed by atoms with Gasteiger partial charge >= 0.3 is 0 Å². The summed E-state index contributed by atoms with van der Waals surface area (Å²) < 4.78 is 1.36. The van der Waals surface area contributed by atoms with Crippen molar-refractivity contribution in [2.24, 2.45) is 5.92 Å². The average Bonchev–Trinajstić information content (AvgIpc) is 2.62. The molecule has 17 heavy (non-hydrogen) atoms. The number of nitrogens with zero attached hydrogens (tertiary/aromatic N) is 3. The zero-order valence-electron chi connectivity index (χ0n) is 10.1. The summed E-state index contributed by atoms with van der Waals surface area (Å²) in [6.45, 7) is 4.06. The van der Waals surface area contributed by atoms with Crippen LogP contribution in [0.1, 0.15) is 20.3 Å². The molecule has 1 unspecified atom stereocenters. The van der Waals surface area contributed by atoms with Gasteiger partial charge in [-0.05, 0) is 12.3 Å². The molecule has 0 aliphatic heterocycles. The van der Waals surface area contributed by atoms with E-state index in [4.69, 9.17) is 10.8 Å². The van der Waals surface area contributed by atoms with Gasteiger partial charge in [0.2, 0.25) is 11.9 Å². The number of anilines is 1. The molecule has 1 atom stereocenters. The maximum Gasteiger partial charge on any atom is 0.242 e. The smallest absolute Gasteiger partial charge is 0.242 e. The van der Waals surface area contributed by atoms with Gasteiger partial charge in [0, 0.05) is 0 Å². The molecule has 1 heterocycles. The minimum atomic E-state index is -0.219. The first-order valence-corrected chi connectivity index (χ1v) is 5.56. The molecule has 0 radical (unpaired) electrons. The molecule has 7 nitrogen and oxygen atoms in total. The number of aromatic nitrogens is 3. The van der Waals surface area contributed by atoms with Crippen molar-refractivity contribution in [3.05, 3.63) is 6.33 Å². The SMILES string of the molecule is CC(C)CC(CO)NC(=O)Cn1cnc(N)n1. The van der Waals surface area contributed by atoms with Crippen molar-refractivity contribution >= 4 is 11.9 Å².